The van der Waals surface area contributed by atoms with Crippen LogP contribution < -0.4 is 9.64 Å². The maximum absolute atomic E-state index is 12.7. The van der Waals surface area contributed by atoms with Crippen LogP contribution in [0, 0.1) is 5.92 Å². The van der Waals surface area contributed by atoms with Crippen LogP contribution >= 0.6 is 0 Å². The predicted octanol–water partition coefficient (Wildman–Crippen LogP) is 4.78. The van der Waals surface area contributed by atoms with Crippen molar-refractivity contribution in [2.24, 2.45) is 5.92 Å². The van der Waals surface area contributed by atoms with E-state index >= 15 is 0 Å². The van der Waals surface area contributed by atoms with Crippen LogP contribution in [0.4, 0.5) is 5.69 Å². The monoisotopic (exact) mass is 426 g/mol. The van der Waals surface area contributed by atoms with Crippen LogP contribution in [0.5, 0.6) is 5.75 Å². The van der Waals surface area contributed by atoms with E-state index in [1.165, 1.54) is 64.5 Å². The molecular formula is C26H38N2O3. The topological polar surface area (TPSA) is 42.0 Å². The molecule has 0 aromatic heterocycles. The molecule has 2 saturated carbocycles. The van der Waals surface area contributed by atoms with Crippen molar-refractivity contribution in [3.63, 3.8) is 0 Å². The summed E-state index contributed by atoms with van der Waals surface area (Å²) in [7, 11) is 0. The maximum atomic E-state index is 12.7. The lowest BCUT2D eigenvalue weighted by molar-refractivity contribution is -0.127. The van der Waals surface area contributed by atoms with Gasteiger partial charge in [0.05, 0.1) is 12.6 Å². The van der Waals surface area contributed by atoms with Crippen LogP contribution in [0.3, 0.4) is 0 Å². The van der Waals surface area contributed by atoms with Crippen LogP contribution in [0.1, 0.15) is 70.6 Å². The van der Waals surface area contributed by atoms with Crippen molar-refractivity contribution >= 4 is 11.6 Å². The Morgan fingerprint density at radius 3 is 2.39 bits per heavy atom. The van der Waals surface area contributed by atoms with Crippen molar-refractivity contribution in [2.75, 3.05) is 31.2 Å². The molecule has 1 aromatic carbocycles. The van der Waals surface area contributed by atoms with Crippen molar-refractivity contribution in [3.05, 3.63) is 24.3 Å². The third-order valence-electron chi connectivity index (χ3n) is 7.89. The number of rotatable bonds is 6. The zero-order valence-corrected chi connectivity index (χ0v) is 18.8. The third kappa shape index (κ3) is 5.09. The number of carbonyl (C=O) groups excluding carboxylic acids is 1. The van der Waals surface area contributed by atoms with Gasteiger partial charge in [-0.15, -0.1) is 0 Å². The molecule has 4 aliphatic rings. The lowest BCUT2D eigenvalue weighted by atomic mass is 9.84. The van der Waals surface area contributed by atoms with E-state index in [2.05, 4.69) is 17.0 Å². The summed E-state index contributed by atoms with van der Waals surface area (Å²) in [6.45, 7) is 3.38. The number of likely N-dealkylation sites (tertiary alicyclic amines) is 1. The highest BCUT2D eigenvalue weighted by atomic mass is 16.5. The first kappa shape index (κ1) is 21.3. The zero-order valence-electron chi connectivity index (χ0n) is 18.8. The first-order valence-electron chi connectivity index (χ1n) is 12.7. The van der Waals surface area contributed by atoms with Gasteiger partial charge in [-0.1, -0.05) is 38.5 Å². The number of ether oxygens (including phenoxy) is 2. The number of carbonyl (C=O) groups is 1. The van der Waals surface area contributed by atoms with Gasteiger partial charge in [-0.05, 0) is 62.5 Å². The fourth-order valence-electron chi connectivity index (χ4n) is 6.06. The van der Waals surface area contributed by atoms with Gasteiger partial charge in [-0.25, -0.2) is 0 Å². The lowest BCUT2D eigenvalue weighted by Gasteiger charge is -2.44. The Kier molecular flexibility index (Phi) is 6.80. The third-order valence-corrected chi connectivity index (χ3v) is 7.89. The van der Waals surface area contributed by atoms with Gasteiger partial charge in [0, 0.05) is 24.6 Å². The summed E-state index contributed by atoms with van der Waals surface area (Å²) >= 11 is 0. The summed E-state index contributed by atoms with van der Waals surface area (Å²) in [4.78, 5) is 17.4. The molecule has 5 heteroatoms. The summed E-state index contributed by atoms with van der Waals surface area (Å²) in [5.41, 5.74) is 0.987. The van der Waals surface area contributed by atoms with Crippen molar-refractivity contribution in [1.29, 1.82) is 0 Å². The highest BCUT2D eigenvalue weighted by molar-refractivity contribution is 5.95. The van der Waals surface area contributed by atoms with E-state index in [9.17, 15) is 4.79 Å². The molecular weight excluding hydrogens is 388 g/mol. The maximum Gasteiger partial charge on any atom is 0.253 e. The fraction of sp³-hybridized carbons (Fsp3) is 0.731. The first-order chi connectivity index (χ1) is 15.3. The molecule has 2 aliphatic carbocycles. The minimum absolute atomic E-state index is 0.0871. The Labute approximate surface area is 187 Å². The average Bonchev–Trinajstić information content (AvgIpc) is 2.78. The van der Waals surface area contributed by atoms with Crippen LogP contribution in [-0.4, -0.2) is 55.3 Å². The number of nitrogens with zero attached hydrogens (tertiary/aromatic N) is 2. The molecule has 2 aliphatic heterocycles. The molecule has 2 heterocycles. The van der Waals surface area contributed by atoms with Gasteiger partial charge in [-0.2, -0.15) is 0 Å². The van der Waals surface area contributed by atoms with E-state index < -0.39 is 0 Å². The lowest BCUT2D eigenvalue weighted by Crippen LogP contribution is -2.51. The Morgan fingerprint density at radius 2 is 1.65 bits per heavy atom. The Balaban J connectivity index is 1.16. The summed E-state index contributed by atoms with van der Waals surface area (Å²) < 4.78 is 11.9. The first-order valence-corrected chi connectivity index (χ1v) is 12.7. The highest BCUT2D eigenvalue weighted by Gasteiger charge is 2.36. The van der Waals surface area contributed by atoms with Crippen molar-refractivity contribution < 1.29 is 14.3 Å². The predicted molar refractivity (Wildman–Crippen MR) is 123 cm³/mol. The zero-order chi connectivity index (χ0) is 21.0. The average molecular weight is 427 g/mol. The van der Waals surface area contributed by atoms with E-state index in [1.54, 1.807) is 0 Å². The molecule has 1 amide bonds. The van der Waals surface area contributed by atoms with Gasteiger partial charge < -0.3 is 19.3 Å². The molecule has 5 rings (SSSR count). The van der Waals surface area contributed by atoms with Gasteiger partial charge in [0.1, 0.15) is 18.5 Å². The minimum atomic E-state index is 0.0871. The quantitative estimate of drug-likeness (QED) is 0.656. The molecule has 0 N–H and O–H groups in total. The van der Waals surface area contributed by atoms with E-state index in [0.717, 1.165) is 42.7 Å². The standard InChI is InChI=1S/C26H38N2O3/c29-26-19-30-18-23(15-20-7-3-1-4-8-20)28(26)21-9-11-24(12-10-21)31-25-16-22(17-25)27-13-5-2-6-14-27/h9-12,20,22-23,25H,1-8,13-19H2/t22?,23-,25?/m1/s1. The van der Waals surface area contributed by atoms with E-state index in [-0.39, 0.29) is 18.6 Å². The molecule has 0 bridgehead atoms. The van der Waals surface area contributed by atoms with E-state index in [1.807, 2.05) is 17.0 Å². The van der Waals surface area contributed by atoms with Gasteiger partial charge in [0.25, 0.3) is 5.91 Å². The second-order valence-corrected chi connectivity index (χ2v) is 10.1. The van der Waals surface area contributed by atoms with Crippen LogP contribution in [0.15, 0.2) is 24.3 Å². The second kappa shape index (κ2) is 9.91. The van der Waals surface area contributed by atoms with Gasteiger partial charge in [0.15, 0.2) is 0 Å². The number of hydrogen-bond acceptors (Lipinski definition) is 4. The van der Waals surface area contributed by atoms with Crippen molar-refractivity contribution in [1.82, 2.24) is 4.90 Å². The number of hydrogen-bond donors (Lipinski definition) is 0. The van der Waals surface area contributed by atoms with Crippen molar-refractivity contribution in [2.45, 2.75) is 88.8 Å². The molecule has 1 aromatic rings. The van der Waals surface area contributed by atoms with Crippen LogP contribution in [-0.2, 0) is 9.53 Å². The molecule has 170 valence electrons. The number of morpholine rings is 1. The van der Waals surface area contributed by atoms with Gasteiger partial charge >= 0.3 is 0 Å². The molecule has 1 atom stereocenters. The molecule has 2 saturated heterocycles. The van der Waals surface area contributed by atoms with E-state index in [4.69, 9.17) is 9.47 Å². The molecule has 0 unspecified atom stereocenters. The van der Waals surface area contributed by atoms with Gasteiger partial charge in [-0.3, -0.25) is 4.79 Å². The molecule has 4 fully saturated rings. The summed E-state index contributed by atoms with van der Waals surface area (Å²) in [6, 6.07) is 9.10. The fourth-order valence-corrected chi connectivity index (χ4v) is 6.06. The number of amides is 1. The number of benzene rings is 1. The summed E-state index contributed by atoms with van der Waals surface area (Å²) in [5.74, 6) is 1.74. The van der Waals surface area contributed by atoms with Gasteiger partial charge in [0.2, 0.25) is 0 Å². The second-order valence-electron chi connectivity index (χ2n) is 10.1. The Bertz CT molecular complexity index is 719. The summed E-state index contributed by atoms with van der Waals surface area (Å²) in [5, 5.41) is 0. The van der Waals surface area contributed by atoms with E-state index in [0.29, 0.717) is 12.7 Å². The smallest absolute Gasteiger partial charge is 0.253 e. The number of piperidine rings is 1. The highest BCUT2D eigenvalue weighted by Crippen LogP contribution is 2.34. The van der Waals surface area contributed by atoms with Crippen molar-refractivity contribution in [3.8, 4) is 5.75 Å². The largest absolute Gasteiger partial charge is 0.490 e. The SMILES string of the molecule is O=C1COC[C@@H](CC2CCCCC2)N1c1ccc(OC2CC(N3CCCCC3)C2)cc1. The Hall–Kier alpha value is -1.59. The van der Waals surface area contributed by atoms with Crippen LogP contribution in [0.25, 0.3) is 0 Å². The molecule has 0 spiro atoms. The molecule has 31 heavy (non-hydrogen) atoms. The van der Waals surface area contributed by atoms with Crippen LogP contribution in [0.2, 0.25) is 0 Å². The Morgan fingerprint density at radius 1 is 0.935 bits per heavy atom. The molecule has 0 radical (unpaired) electrons. The summed E-state index contributed by atoms with van der Waals surface area (Å²) in [6.07, 6.45) is 14.4. The number of anilines is 1. The molecule has 5 nitrogen and oxygen atoms in total. The minimum Gasteiger partial charge on any atom is -0.490 e. The normalized spacial score (nSPS) is 30.8.